The fraction of sp³-hybridized carbons (Fsp3) is 0.217. The number of benzene rings is 10. The summed E-state index contributed by atoms with van der Waals surface area (Å²) in [4.78, 5) is 15.0. The molecule has 13 rings (SSSR count). The molecular formula is C83H75N5O2Pt. The third-order valence-electron chi connectivity index (χ3n) is 17.7. The fourth-order valence-electron chi connectivity index (χ4n) is 13.1. The van der Waals surface area contributed by atoms with Crippen LogP contribution in [0.5, 0.6) is 11.5 Å². The monoisotopic (exact) mass is 1370 g/mol. The molecule has 0 radical (unpaired) electrons. The Labute approximate surface area is 550 Å². The quantitative estimate of drug-likeness (QED) is 0.0905. The average molecular weight is 1370 g/mol. The van der Waals surface area contributed by atoms with E-state index in [0.29, 0.717) is 34.2 Å². The number of nitrogens with zero attached hydrogens (tertiary/aromatic N) is 5. The Morgan fingerprint density at radius 1 is 0.418 bits per heavy atom. The maximum atomic E-state index is 8.11. The molecule has 0 aliphatic rings. The van der Waals surface area contributed by atoms with Crippen molar-refractivity contribution in [1.29, 1.82) is 0 Å². The Kier molecular flexibility index (Phi) is 17.3. The normalized spacial score (nSPS) is 11.8. The van der Waals surface area contributed by atoms with E-state index in [1.165, 1.54) is 50.1 Å². The van der Waals surface area contributed by atoms with Gasteiger partial charge in [-0.05, 0) is 167 Å². The van der Waals surface area contributed by atoms with Crippen molar-refractivity contribution in [3.63, 3.8) is 0 Å². The number of rotatable bonds is 16. The summed E-state index contributed by atoms with van der Waals surface area (Å²) in [7, 11) is 0. The summed E-state index contributed by atoms with van der Waals surface area (Å²) < 4.78 is 18.2. The summed E-state index contributed by atoms with van der Waals surface area (Å²) in [5.74, 6) is 3.47. The van der Waals surface area contributed by atoms with E-state index in [-0.39, 0.29) is 56.6 Å². The van der Waals surface area contributed by atoms with E-state index < -0.39 is 0 Å². The second-order valence-electron chi connectivity index (χ2n) is 25.8. The molecule has 0 aliphatic heterocycles. The van der Waals surface area contributed by atoms with E-state index in [4.69, 9.17) is 25.7 Å². The van der Waals surface area contributed by atoms with Gasteiger partial charge in [0, 0.05) is 17.1 Å². The third-order valence-corrected chi connectivity index (χ3v) is 17.7. The van der Waals surface area contributed by atoms with Crippen LogP contribution in [0.4, 0.5) is 5.69 Å². The van der Waals surface area contributed by atoms with Gasteiger partial charge in [0.05, 0.1) is 57.9 Å². The standard InChI is InChI=1S/C83H75N5O2.Pt/c1-49(2)67-47-64(84-13)48-68(50(3)4)79(67)59-35-36-74-76(44-59)88(81-71(53(9)10)42-62(43-72(81)54(11)12)58-33-31-57(32-34-58)55-23-16-14-17-24-55)83(86-74)63-45-77-66(37-38-89-77)78(46-63)90-65-28-22-27-60(39-65)82-85-73-29-20-21-30-75(73)87(82)80-69(51(5)6)40-61(41-70(80)52(7)8)56-25-18-15-19-26-56;/h14-38,40-45,47-54H,1-12H3;/q-2;+2. The molecule has 0 unspecified atom stereocenters. The Bertz CT molecular complexity index is 4790. The molecule has 0 amide bonds. The molecule has 0 fully saturated rings. The zero-order valence-electron chi connectivity index (χ0n) is 53.9. The van der Waals surface area contributed by atoms with Gasteiger partial charge >= 0.3 is 21.1 Å². The van der Waals surface area contributed by atoms with Crippen molar-refractivity contribution >= 4 is 38.7 Å². The van der Waals surface area contributed by atoms with Crippen LogP contribution >= 0.6 is 0 Å². The molecule has 7 nitrogen and oxygen atoms in total. The third kappa shape index (κ3) is 11.7. The van der Waals surface area contributed by atoms with Gasteiger partial charge in [-0.25, -0.2) is 4.85 Å². The van der Waals surface area contributed by atoms with Crippen LogP contribution in [0.1, 0.15) is 152 Å². The number of hydrogen-bond donors (Lipinski definition) is 0. The van der Waals surface area contributed by atoms with Crippen LogP contribution in [0, 0.1) is 18.7 Å². The summed E-state index contributed by atoms with van der Waals surface area (Å²) in [5, 5.41) is 0.773. The minimum atomic E-state index is 0. The van der Waals surface area contributed by atoms with Gasteiger partial charge in [0.15, 0.2) is 5.69 Å². The molecule has 3 heterocycles. The number of ether oxygens (including phenoxy) is 1. The van der Waals surface area contributed by atoms with Crippen molar-refractivity contribution in [3.05, 3.63) is 257 Å². The molecule has 0 bridgehead atoms. The minimum absolute atomic E-state index is 0. The summed E-state index contributed by atoms with van der Waals surface area (Å²) in [6.45, 7) is 35.3. The zero-order chi connectivity index (χ0) is 62.6. The van der Waals surface area contributed by atoms with Crippen LogP contribution in [0.15, 0.2) is 205 Å². The van der Waals surface area contributed by atoms with E-state index in [2.05, 4.69) is 285 Å². The summed E-state index contributed by atoms with van der Waals surface area (Å²) in [5.41, 5.74) is 25.3. The fourth-order valence-corrected chi connectivity index (χ4v) is 13.1. The Balaban J connectivity index is 0.00000800. The predicted octanol–water partition coefficient (Wildman–Crippen LogP) is 23.8. The zero-order valence-corrected chi connectivity index (χ0v) is 56.2. The molecule has 454 valence electrons. The molecular weight excluding hydrogens is 1290 g/mol. The number of imidazole rings is 2. The Hall–Kier alpha value is -9.34. The van der Waals surface area contributed by atoms with Gasteiger partial charge < -0.3 is 18.3 Å². The number of hydrogen-bond acceptors (Lipinski definition) is 4. The van der Waals surface area contributed by atoms with E-state index in [1.54, 1.807) is 6.26 Å². The maximum Gasteiger partial charge on any atom is 2.00 e. The van der Waals surface area contributed by atoms with Gasteiger partial charge in [0.1, 0.15) is 0 Å². The maximum absolute atomic E-state index is 8.11. The smallest absolute Gasteiger partial charge is 0.496 e. The van der Waals surface area contributed by atoms with Gasteiger partial charge in [-0.3, -0.25) is 9.97 Å². The molecule has 0 saturated heterocycles. The number of fused-ring (bicyclic) bond motifs is 3. The van der Waals surface area contributed by atoms with Crippen LogP contribution < -0.4 is 4.74 Å². The van der Waals surface area contributed by atoms with Crippen LogP contribution in [0.2, 0.25) is 0 Å². The molecule has 0 atom stereocenters. The molecule has 0 N–H and O–H groups in total. The van der Waals surface area contributed by atoms with E-state index in [9.17, 15) is 0 Å². The van der Waals surface area contributed by atoms with Gasteiger partial charge in [0.2, 0.25) is 0 Å². The first-order chi connectivity index (χ1) is 43.5. The number of furan rings is 1. The molecule has 0 spiro atoms. The SMILES string of the molecule is [C-]#[N+]c1cc(C(C)C)c(-c2ccc3nc(-c4[c-]c(Oc5[c-]c(-c6nc7ccccc7n6-c6c(C(C)C)cc(-c7ccccc7)cc6C(C)C)ccc5)c5ccoc5c4)n(-c4c(C(C)C)cc(-c5ccc(-c6ccccc6)cc5)cc4C(C)C)c3c2)c(C(C)C)c1.[Pt+2]. The van der Waals surface area contributed by atoms with Crippen molar-refractivity contribution in [2.45, 2.75) is 119 Å². The van der Waals surface area contributed by atoms with Crippen molar-refractivity contribution < 1.29 is 30.2 Å². The first-order valence-electron chi connectivity index (χ1n) is 31.8. The van der Waals surface area contributed by atoms with Crippen molar-refractivity contribution in [1.82, 2.24) is 19.1 Å². The number of aromatic nitrogens is 4. The number of para-hydroxylation sites is 2. The predicted molar refractivity (Wildman–Crippen MR) is 373 cm³/mol. The summed E-state index contributed by atoms with van der Waals surface area (Å²) in [6.07, 6.45) is 1.71. The minimum Gasteiger partial charge on any atom is -0.496 e. The van der Waals surface area contributed by atoms with Gasteiger partial charge in [-0.15, -0.1) is 29.3 Å². The van der Waals surface area contributed by atoms with E-state index in [1.807, 2.05) is 18.2 Å². The first kappa shape index (κ1) is 61.9. The first-order valence-corrected chi connectivity index (χ1v) is 31.8. The van der Waals surface area contributed by atoms with E-state index in [0.717, 1.165) is 78.0 Å². The van der Waals surface area contributed by atoms with Gasteiger partial charge in [-0.1, -0.05) is 223 Å². The molecule has 0 aliphatic carbocycles. The Morgan fingerprint density at radius 3 is 1.42 bits per heavy atom. The topological polar surface area (TPSA) is 62.4 Å². The second-order valence-corrected chi connectivity index (χ2v) is 25.8. The molecule has 13 aromatic rings. The summed E-state index contributed by atoms with van der Waals surface area (Å²) >= 11 is 0. The van der Waals surface area contributed by atoms with Crippen LogP contribution in [0.25, 0.3) is 117 Å². The molecule has 0 saturated carbocycles. The Morgan fingerprint density at radius 2 is 0.879 bits per heavy atom. The van der Waals surface area contributed by atoms with Gasteiger partial charge in [-0.2, -0.15) is 0 Å². The van der Waals surface area contributed by atoms with E-state index >= 15 is 0 Å². The van der Waals surface area contributed by atoms with Crippen molar-refractivity contribution in [2.75, 3.05) is 0 Å². The molecule has 8 heteroatoms. The van der Waals surface area contributed by atoms with Crippen LogP contribution in [-0.2, 0) is 21.1 Å². The summed E-state index contributed by atoms with van der Waals surface area (Å²) in [6, 6.07) is 76.6. The van der Waals surface area contributed by atoms with Crippen molar-refractivity contribution in [2.24, 2.45) is 0 Å². The largest absolute Gasteiger partial charge is 2.00 e. The van der Waals surface area contributed by atoms with Crippen LogP contribution in [0.3, 0.4) is 0 Å². The second kappa shape index (κ2) is 25.5. The van der Waals surface area contributed by atoms with Crippen LogP contribution in [-0.4, -0.2) is 19.1 Å². The average Bonchev–Trinajstić information content (AvgIpc) is 1.65. The van der Waals surface area contributed by atoms with Crippen molar-refractivity contribution in [3.8, 4) is 90.2 Å². The van der Waals surface area contributed by atoms with Gasteiger partial charge in [0.25, 0.3) is 0 Å². The molecule has 10 aromatic carbocycles. The molecule has 3 aromatic heterocycles. The molecule has 91 heavy (non-hydrogen) atoms.